The van der Waals surface area contributed by atoms with Crippen LogP contribution in [0.15, 0.2) is 6.07 Å². The van der Waals surface area contributed by atoms with Gasteiger partial charge in [-0.2, -0.15) is 4.39 Å². The topological polar surface area (TPSA) is 81.5 Å². The Kier molecular flexibility index (Phi) is 4.26. The van der Waals surface area contributed by atoms with Crippen LogP contribution in [-0.4, -0.2) is 16.6 Å². The van der Waals surface area contributed by atoms with E-state index in [1.54, 1.807) is 20.8 Å². The summed E-state index contributed by atoms with van der Waals surface area (Å²) in [6, 6.07) is 0.755. The summed E-state index contributed by atoms with van der Waals surface area (Å²) in [5, 5.41) is 12.5. The second kappa shape index (κ2) is 5.40. The van der Waals surface area contributed by atoms with E-state index in [1.165, 1.54) is 6.92 Å². The summed E-state index contributed by atoms with van der Waals surface area (Å²) >= 11 is 0. The molecule has 1 N–H and O–H groups in total. The zero-order chi connectivity index (χ0) is 15.7. The van der Waals surface area contributed by atoms with Gasteiger partial charge in [0.2, 0.25) is 5.82 Å². The number of nitro benzene ring substituents is 1. The van der Waals surface area contributed by atoms with Gasteiger partial charge >= 0.3 is 11.8 Å². The summed E-state index contributed by atoms with van der Waals surface area (Å²) in [5.41, 5.74) is -2.85. The van der Waals surface area contributed by atoms with E-state index < -0.39 is 39.6 Å². The van der Waals surface area contributed by atoms with Crippen molar-refractivity contribution < 1.29 is 23.2 Å². The van der Waals surface area contributed by atoms with E-state index in [2.05, 4.69) is 0 Å². The lowest BCUT2D eigenvalue weighted by Gasteiger charge is -2.20. The van der Waals surface area contributed by atoms with E-state index in [-0.39, 0.29) is 5.56 Å². The smallest absolute Gasteiger partial charge is 0.412 e. The lowest BCUT2D eigenvalue weighted by molar-refractivity contribution is -0.387. The highest BCUT2D eigenvalue weighted by Crippen LogP contribution is 2.30. The maximum absolute atomic E-state index is 13.8. The first-order valence-electron chi connectivity index (χ1n) is 5.66. The molecule has 0 aromatic heterocycles. The van der Waals surface area contributed by atoms with Crippen LogP contribution < -0.4 is 5.32 Å². The summed E-state index contributed by atoms with van der Waals surface area (Å²) < 4.78 is 32.4. The molecule has 0 unspecified atom stereocenters. The molecule has 0 radical (unpaired) electrons. The molecule has 0 spiro atoms. The van der Waals surface area contributed by atoms with Crippen molar-refractivity contribution in [3.63, 3.8) is 0 Å². The Morgan fingerprint density at radius 1 is 1.35 bits per heavy atom. The van der Waals surface area contributed by atoms with Crippen molar-refractivity contribution in [1.29, 1.82) is 0 Å². The Morgan fingerprint density at radius 2 is 1.90 bits per heavy atom. The molecule has 0 atom stereocenters. The lowest BCUT2D eigenvalue weighted by atomic mass is 10.1. The number of benzene rings is 1. The molecular weight excluding hydrogens is 274 g/mol. The summed E-state index contributed by atoms with van der Waals surface area (Å²) in [6.45, 7) is 5.93. The number of amides is 1. The van der Waals surface area contributed by atoms with Gasteiger partial charge in [-0.05, 0) is 33.3 Å². The third kappa shape index (κ3) is 3.62. The molecule has 0 aliphatic heterocycles. The van der Waals surface area contributed by atoms with Crippen LogP contribution in [0.1, 0.15) is 26.3 Å². The molecule has 0 fully saturated rings. The number of nitrogens with zero attached hydrogens (tertiary/aromatic N) is 1. The zero-order valence-electron chi connectivity index (χ0n) is 11.4. The number of aryl methyl sites for hydroxylation is 1. The monoisotopic (exact) mass is 288 g/mol. The average Bonchev–Trinajstić information content (AvgIpc) is 2.26. The van der Waals surface area contributed by atoms with Gasteiger partial charge in [-0.1, -0.05) is 0 Å². The van der Waals surface area contributed by atoms with Crippen molar-refractivity contribution >= 4 is 17.5 Å². The standard InChI is InChI=1S/C12H14F2N2O4/c1-6-5-7(16(18)19)9(14)10(8(6)13)15-11(17)20-12(2,3)4/h5H,1-4H3,(H,15,17). The fraction of sp³-hybridized carbons (Fsp3) is 0.417. The molecular formula is C12H14F2N2O4. The van der Waals surface area contributed by atoms with E-state index in [0.29, 0.717) is 0 Å². The molecule has 1 aromatic carbocycles. The minimum Gasteiger partial charge on any atom is -0.444 e. The highest BCUT2D eigenvalue weighted by molar-refractivity contribution is 5.86. The Morgan fingerprint density at radius 3 is 2.35 bits per heavy atom. The molecule has 1 amide bonds. The predicted octanol–water partition coefficient (Wildman–Crippen LogP) is 3.53. The molecule has 110 valence electrons. The van der Waals surface area contributed by atoms with E-state index in [9.17, 15) is 23.7 Å². The molecule has 6 nitrogen and oxygen atoms in total. The number of hydrogen-bond acceptors (Lipinski definition) is 4. The minimum atomic E-state index is -1.45. The molecule has 0 heterocycles. The van der Waals surface area contributed by atoms with Gasteiger partial charge in [-0.15, -0.1) is 0 Å². The lowest BCUT2D eigenvalue weighted by Crippen LogP contribution is -2.28. The van der Waals surface area contributed by atoms with Crippen LogP contribution >= 0.6 is 0 Å². The highest BCUT2D eigenvalue weighted by atomic mass is 19.1. The number of hydrogen-bond donors (Lipinski definition) is 1. The van der Waals surface area contributed by atoms with Gasteiger partial charge < -0.3 is 4.74 Å². The van der Waals surface area contributed by atoms with Gasteiger partial charge in [0, 0.05) is 6.07 Å². The summed E-state index contributed by atoms with van der Waals surface area (Å²) in [6.07, 6.45) is -1.10. The van der Waals surface area contributed by atoms with E-state index in [0.717, 1.165) is 6.07 Å². The van der Waals surface area contributed by atoms with Crippen molar-refractivity contribution in [2.24, 2.45) is 0 Å². The van der Waals surface area contributed by atoms with Crippen LogP contribution in [0.3, 0.4) is 0 Å². The van der Waals surface area contributed by atoms with E-state index in [1.807, 2.05) is 5.32 Å². The fourth-order valence-electron chi connectivity index (χ4n) is 1.40. The molecule has 0 bridgehead atoms. The number of halogens is 2. The molecule has 0 saturated heterocycles. The SMILES string of the molecule is Cc1cc([N+](=O)[O-])c(F)c(NC(=O)OC(C)(C)C)c1F. The van der Waals surface area contributed by atoms with Crippen molar-refractivity contribution in [2.45, 2.75) is 33.3 Å². The Bertz CT molecular complexity index is 568. The van der Waals surface area contributed by atoms with Crippen molar-refractivity contribution in [3.8, 4) is 0 Å². The van der Waals surface area contributed by atoms with Crippen LogP contribution in [0.25, 0.3) is 0 Å². The number of ether oxygens (including phenoxy) is 1. The fourth-order valence-corrected chi connectivity index (χ4v) is 1.40. The van der Waals surface area contributed by atoms with E-state index in [4.69, 9.17) is 4.74 Å². The van der Waals surface area contributed by atoms with Gasteiger partial charge in [0.05, 0.1) is 4.92 Å². The summed E-state index contributed by atoms with van der Waals surface area (Å²) in [7, 11) is 0. The largest absolute Gasteiger partial charge is 0.444 e. The van der Waals surface area contributed by atoms with E-state index >= 15 is 0 Å². The first-order chi connectivity index (χ1) is 9.03. The minimum absolute atomic E-state index is 0.163. The normalized spacial score (nSPS) is 11.1. The number of carbonyl (C=O) groups excluding carboxylic acids is 1. The van der Waals surface area contributed by atoms with Gasteiger partial charge in [0.1, 0.15) is 11.3 Å². The van der Waals surface area contributed by atoms with Crippen molar-refractivity contribution in [2.75, 3.05) is 5.32 Å². The van der Waals surface area contributed by atoms with Gasteiger partial charge in [-0.3, -0.25) is 15.4 Å². The number of anilines is 1. The second-order valence-electron chi connectivity index (χ2n) is 5.10. The molecule has 0 aliphatic rings. The first-order valence-corrected chi connectivity index (χ1v) is 5.66. The predicted molar refractivity (Wildman–Crippen MR) is 67.6 cm³/mol. The maximum Gasteiger partial charge on any atom is 0.412 e. The quantitative estimate of drug-likeness (QED) is 0.666. The Balaban J connectivity index is 3.18. The molecule has 20 heavy (non-hydrogen) atoms. The Hall–Kier alpha value is -2.25. The van der Waals surface area contributed by atoms with Gasteiger partial charge in [0.15, 0.2) is 5.82 Å². The van der Waals surface area contributed by atoms with Gasteiger partial charge in [-0.25, -0.2) is 9.18 Å². The van der Waals surface area contributed by atoms with Gasteiger partial charge in [0.25, 0.3) is 0 Å². The van der Waals surface area contributed by atoms with Crippen LogP contribution in [-0.2, 0) is 4.74 Å². The average molecular weight is 288 g/mol. The maximum atomic E-state index is 13.8. The van der Waals surface area contributed by atoms with Crippen LogP contribution in [0.4, 0.5) is 25.0 Å². The molecule has 0 aliphatic carbocycles. The third-order valence-corrected chi connectivity index (χ3v) is 2.19. The number of carbonyl (C=O) groups is 1. The zero-order valence-corrected chi connectivity index (χ0v) is 11.4. The summed E-state index contributed by atoms with van der Waals surface area (Å²) in [4.78, 5) is 21.1. The molecule has 1 rings (SSSR count). The van der Waals surface area contributed by atoms with Crippen molar-refractivity contribution in [3.05, 3.63) is 33.4 Å². The Labute approximate surface area is 113 Å². The van der Waals surface area contributed by atoms with Crippen LogP contribution in [0.2, 0.25) is 0 Å². The molecule has 0 saturated carbocycles. The second-order valence-corrected chi connectivity index (χ2v) is 5.10. The summed E-state index contributed by atoms with van der Waals surface area (Å²) in [5.74, 6) is -2.54. The third-order valence-electron chi connectivity index (χ3n) is 2.19. The molecule has 1 aromatic rings. The molecule has 8 heteroatoms. The number of nitrogens with one attached hydrogen (secondary N) is 1. The van der Waals surface area contributed by atoms with Crippen molar-refractivity contribution in [1.82, 2.24) is 0 Å². The highest BCUT2D eigenvalue weighted by Gasteiger charge is 2.26. The number of rotatable bonds is 2. The van der Waals surface area contributed by atoms with Crippen LogP contribution in [0.5, 0.6) is 0 Å². The first kappa shape index (κ1) is 15.8. The van der Waals surface area contributed by atoms with Crippen LogP contribution in [0, 0.1) is 28.7 Å². The number of nitro groups is 1.